The first-order valence-electron chi connectivity index (χ1n) is 5.84. The number of amides is 1. The molecule has 104 valence electrons. The van der Waals surface area contributed by atoms with Gasteiger partial charge in [-0.3, -0.25) is 9.59 Å². The molecule has 2 aromatic rings. The fourth-order valence-electron chi connectivity index (χ4n) is 1.60. The molecular weight excluding hydrogens is 260 g/mol. The van der Waals surface area contributed by atoms with Crippen molar-refractivity contribution in [2.45, 2.75) is 6.54 Å². The minimum Gasteiger partial charge on any atom is -0.481 e. The minimum absolute atomic E-state index is 0.115. The Kier molecular flexibility index (Phi) is 3.99. The van der Waals surface area contributed by atoms with E-state index in [0.29, 0.717) is 17.3 Å². The Morgan fingerprint density at radius 2 is 2.20 bits per heavy atom. The van der Waals surface area contributed by atoms with Gasteiger partial charge in [-0.25, -0.2) is 4.98 Å². The molecule has 0 atom stereocenters. The summed E-state index contributed by atoms with van der Waals surface area (Å²) in [5, 5.41) is 2.63. The zero-order valence-corrected chi connectivity index (χ0v) is 10.9. The van der Waals surface area contributed by atoms with E-state index in [1.165, 1.54) is 36.2 Å². The highest BCUT2D eigenvalue weighted by molar-refractivity contribution is 5.90. The number of ether oxygens (including phenoxy) is 1. The van der Waals surface area contributed by atoms with E-state index in [2.05, 4.69) is 10.3 Å². The van der Waals surface area contributed by atoms with Gasteiger partial charge in [-0.15, -0.1) is 0 Å². The van der Waals surface area contributed by atoms with Crippen molar-refractivity contribution in [3.63, 3.8) is 0 Å². The van der Waals surface area contributed by atoms with E-state index in [1.807, 2.05) is 0 Å². The number of nitrogen functional groups attached to an aromatic ring is 1. The van der Waals surface area contributed by atoms with E-state index in [1.54, 1.807) is 12.1 Å². The minimum atomic E-state index is -0.343. The Morgan fingerprint density at radius 3 is 2.85 bits per heavy atom. The molecule has 0 fully saturated rings. The van der Waals surface area contributed by atoms with Crippen LogP contribution in [0, 0.1) is 0 Å². The fraction of sp³-hybridized carbons (Fsp3) is 0.154. The number of carbonyl (C=O) groups is 1. The molecule has 0 aliphatic rings. The lowest BCUT2D eigenvalue weighted by Crippen LogP contribution is -2.27. The number of aromatic nitrogens is 2. The van der Waals surface area contributed by atoms with Crippen molar-refractivity contribution >= 4 is 17.3 Å². The number of anilines is 2. The molecule has 0 saturated heterocycles. The average molecular weight is 274 g/mol. The maximum absolute atomic E-state index is 11.8. The summed E-state index contributed by atoms with van der Waals surface area (Å²) in [6.45, 7) is -0.115. The first-order chi connectivity index (χ1) is 9.58. The molecule has 20 heavy (non-hydrogen) atoms. The molecule has 0 saturated carbocycles. The van der Waals surface area contributed by atoms with Crippen LogP contribution in [-0.2, 0) is 11.3 Å². The van der Waals surface area contributed by atoms with Gasteiger partial charge in [0, 0.05) is 24.0 Å². The van der Waals surface area contributed by atoms with Crippen molar-refractivity contribution in [3.05, 3.63) is 47.0 Å². The van der Waals surface area contributed by atoms with Gasteiger partial charge in [0.05, 0.1) is 19.0 Å². The van der Waals surface area contributed by atoms with Crippen LogP contribution in [0.2, 0.25) is 0 Å². The number of hydrogen-bond acceptors (Lipinski definition) is 5. The summed E-state index contributed by atoms with van der Waals surface area (Å²) >= 11 is 0. The molecule has 7 nitrogen and oxygen atoms in total. The number of nitrogens with zero attached hydrogens (tertiary/aromatic N) is 2. The number of nitrogens with two attached hydrogens (primary N) is 1. The van der Waals surface area contributed by atoms with Crippen molar-refractivity contribution < 1.29 is 9.53 Å². The van der Waals surface area contributed by atoms with Gasteiger partial charge < -0.3 is 20.4 Å². The second kappa shape index (κ2) is 5.87. The van der Waals surface area contributed by atoms with Gasteiger partial charge in [-0.2, -0.15) is 0 Å². The zero-order chi connectivity index (χ0) is 14.5. The molecule has 0 radical (unpaired) electrons. The lowest BCUT2D eigenvalue weighted by Gasteiger charge is -2.08. The third kappa shape index (κ3) is 3.35. The Labute approximate surface area is 115 Å². The molecule has 1 amide bonds. The third-order valence-electron chi connectivity index (χ3n) is 2.55. The van der Waals surface area contributed by atoms with Crippen molar-refractivity contribution in [2.24, 2.45) is 0 Å². The number of carbonyl (C=O) groups excluding carboxylic acids is 1. The maximum atomic E-state index is 11.8. The normalized spacial score (nSPS) is 10.1. The van der Waals surface area contributed by atoms with E-state index in [0.717, 1.165) is 0 Å². The summed E-state index contributed by atoms with van der Waals surface area (Å²) < 4.78 is 6.15. The predicted octanol–water partition coefficient (Wildman–Crippen LogP) is 0.473. The summed E-state index contributed by atoms with van der Waals surface area (Å²) in [6, 6.07) is 6.09. The molecule has 2 aromatic heterocycles. The molecular formula is C13H14N4O3. The van der Waals surface area contributed by atoms with Gasteiger partial charge in [0.1, 0.15) is 6.54 Å². The topological polar surface area (TPSA) is 99.2 Å². The molecule has 0 aliphatic carbocycles. The van der Waals surface area contributed by atoms with Crippen molar-refractivity contribution in [3.8, 4) is 5.88 Å². The third-order valence-corrected chi connectivity index (χ3v) is 2.55. The predicted molar refractivity (Wildman–Crippen MR) is 74.5 cm³/mol. The molecule has 0 bridgehead atoms. The van der Waals surface area contributed by atoms with Gasteiger partial charge in [0.15, 0.2) is 0 Å². The van der Waals surface area contributed by atoms with E-state index in [9.17, 15) is 9.59 Å². The Hall–Kier alpha value is -2.83. The van der Waals surface area contributed by atoms with Gasteiger partial charge in [-0.05, 0) is 12.1 Å². The summed E-state index contributed by atoms with van der Waals surface area (Å²) in [5.74, 6) is 0.111. The van der Waals surface area contributed by atoms with E-state index < -0.39 is 0 Å². The molecule has 0 aromatic carbocycles. The molecule has 7 heteroatoms. The van der Waals surface area contributed by atoms with Crippen LogP contribution in [0.1, 0.15) is 0 Å². The lowest BCUT2D eigenvalue weighted by molar-refractivity contribution is -0.116. The monoisotopic (exact) mass is 274 g/mol. The van der Waals surface area contributed by atoms with Crippen LogP contribution in [0.15, 0.2) is 41.5 Å². The largest absolute Gasteiger partial charge is 0.481 e. The van der Waals surface area contributed by atoms with Crippen LogP contribution >= 0.6 is 0 Å². The van der Waals surface area contributed by atoms with Gasteiger partial charge >= 0.3 is 0 Å². The maximum Gasteiger partial charge on any atom is 0.251 e. The fourth-order valence-corrected chi connectivity index (χ4v) is 1.60. The Morgan fingerprint density at radius 1 is 1.40 bits per heavy atom. The van der Waals surface area contributed by atoms with Crippen LogP contribution in [0.3, 0.4) is 0 Å². The summed E-state index contributed by atoms with van der Waals surface area (Å²) in [5.41, 5.74) is 6.22. The summed E-state index contributed by atoms with van der Waals surface area (Å²) in [4.78, 5) is 27.3. The second-order valence-electron chi connectivity index (χ2n) is 4.07. The van der Waals surface area contributed by atoms with Gasteiger partial charge in [-0.1, -0.05) is 0 Å². The van der Waals surface area contributed by atoms with Crippen molar-refractivity contribution in [1.82, 2.24) is 9.55 Å². The van der Waals surface area contributed by atoms with E-state index in [4.69, 9.17) is 10.5 Å². The molecule has 2 heterocycles. The number of rotatable bonds is 4. The second-order valence-corrected chi connectivity index (χ2v) is 4.07. The Balaban J connectivity index is 2.04. The van der Waals surface area contributed by atoms with E-state index in [-0.39, 0.29) is 18.0 Å². The number of nitrogens with one attached hydrogen (secondary N) is 1. The van der Waals surface area contributed by atoms with Gasteiger partial charge in [0.2, 0.25) is 11.8 Å². The summed E-state index contributed by atoms with van der Waals surface area (Å²) in [6.07, 6.45) is 2.90. The van der Waals surface area contributed by atoms with Crippen LogP contribution in [0.25, 0.3) is 0 Å². The number of pyridine rings is 2. The lowest BCUT2D eigenvalue weighted by atomic mass is 10.4. The van der Waals surface area contributed by atoms with Crippen LogP contribution in [-0.4, -0.2) is 22.6 Å². The van der Waals surface area contributed by atoms with Crippen LogP contribution in [0.4, 0.5) is 11.4 Å². The van der Waals surface area contributed by atoms with E-state index >= 15 is 0 Å². The highest BCUT2D eigenvalue weighted by atomic mass is 16.5. The first kappa shape index (κ1) is 13.6. The molecule has 0 spiro atoms. The van der Waals surface area contributed by atoms with Gasteiger partial charge in [0.25, 0.3) is 5.56 Å². The van der Waals surface area contributed by atoms with Crippen LogP contribution in [0.5, 0.6) is 5.88 Å². The average Bonchev–Trinajstić information content (AvgIpc) is 2.43. The quantitative estimate of drug-likeness (QED) is 0.844. The molecule has 0 aliphatic heterocycles. The molecule has 2 rings (SSSR count). The van der Waals surface area contributed by atoms with Crippen molar-refractivity contribution in [2.75, 3.05) is 18.2 Å². The number of hydrogen-bond donors (Lipinski definition) is 2. The van der Waals surface area contributed by atoms with Crippen LogP contribution < -0.4 is 21.3 Å². The Bertz CT molecular complexity index is 664. The number of methoxy groups -OCH3 is 1. The smallest absolute Gasteiger partial charge is 0.251 e. The summed E-state index contributed by atoms with van der Waals surface area (Å²) in [7, 11) is 1.51. The highest BCUT2D eigenvalue weighted by Gasteiger charge is 2.06. The first-order valence-corrected chi connectivity index (χ1v) is 5.84. The zero-order valence-electron chi connectivity index (χ0n) is 10.9. The molecule has 0 unspecified atom stereocenters. The molecule has 3 N–H and O–H groups in total. The highest BCUT2D eigenvalue weighted by Crippen LogP contribution is 2.10. The SMILES string of the molecule is COc1ccc(NC(=O)Cn2cc(N)ccc2=O)cn1. The standard InChI is InChI=1S/C13H14N4O3/c1-20-12-4-3-10(6-15-12)16-11(18)8-17-7-9(14)2-5-13(17)19/h2-7H,8,14H2,1H3,(H,16,18). The van der Waals surface area contributed by atoms with Crippen molar-refractivity contribution in [1.29, 1.82) is 0 Å².